The van der Waals surface area contributed by atoms with Crippen molar-refractivity contribution in [3.63, 3.8) is 0 Å². The van der Waals surface area contributed by atoms with Crippen LogP contribution in [0.15, 0.2) is 0 Å². The van der Waals surface area contributed by atoms with Gasteiger partial charge >= 0.3 is 0 Å². The summed E-state index contributed by atoms with van der Waals surface area (Å²) in [5.41, 5.74) is -0.187. The monoisotopic (exact) mass is 179 g/mol. The minimum absolute atomic E-state index is 0.0521. The molecule has 66 valence electrons. The van der Waals surface area contributed by atoms with Gasteiger partial charge < -0.3 is 4.74 Å². The van der Waals surface area contributed by atoms with E-state index in [2.05, 4.69) is 0 Å². The van der Waals surface area contributed by atoms with Crippen LogP contribution in [0, 0.1) is 5.41 Å². The number of rotatable bonds is 3. The van der Waals surface area contributed by atoms with Crippen molar-refractivity contribution in [2.75, 3.05) is 19.0 Å². The first-order valence-corrected chi connectivity index (χ1v) is 5.27. The number of primary sulfonamides is 1. The van der Waals surface area contributed by atoms with Crippen LogP contribution in [-0.4, -0.2) is 27.4 Å². The highest BCUT2D eigenvalue weighted by molar-refractivity contribution is 7.89. The van der Waals surface area contributed by atoms with Gasteiger partial charge in [0.25, 0.3) is 0 Å². The highest BCUT2D eigenvalue weighted by atomic mass is 32.2. The van der Waals surface area contributed by atoms with Crippen LogP contribution in [0.5, 0.6) is 0 Å². The van der Waals surface area contributed by atoms with Gasteiger partial charge in [0.05, 0.1) is 19.0 Å². The van der Waals surface area contributed by atoms with Crippen molar-refractivity contribution in [3.8, 4) is 0 Å². The summed E-state index contributed by atoms with van der Waals surface area (Å²) >= 11 is 0. The third kappa shape index (κ3) is 2.15. The van der Waals surface area contributed by atoms with Gasteiger partial charge in [-0.15, -0.1) is 0 Å². The van der Waals surface area contributed by atoms with E-state index in [0.717, 1.165) is 6.42 Å². The molecule has 0 aromatic heterocycles. The molecule has 1 saturated heterocycles. The minimum Gasteiger partial charge on any atom is -0.380 e. The number of hydrogen-bond donors (Lipinski definition) is 1. The predicted octanol–water partition coefficient (Wildman–Crippen LogP) is -0.298. The lowest BCUT2D eigenvalue weighted by Crippen LogP contribution is -2.48. The summed E-state index contributed by atoms with van der Waals surface area (Å²) < 4.78 is 26.4. The van der Waals surface area contributed by atoms with Gasteiger partial charge in [0.1, 0.15) is 0 Å². The third-order valence-electron chi connectivity index (χ3n) is 2.07. The molecule has 1 aliphatic rings. The maximum atomic E-state index is 10.7. The van der Waals surface area contributed by atoms with E-state index in [1.807, 2.05) is 6.92 Å². The summed E-state index contributed by atoms with van der Waals surface area (Å²) in [5, 5.41) is 4.92. The molecular weight excluding hydrogens is 166 g/mol. The van der Waals surface area contributed by atoms with Gasteiger partial charge in [-0.3, -0.25) is 0 Å². The maximum absolute atomic E-state index is 10.7. The quantitative estimate of drug-likeness (QED) is 0.646. The standard InChI is InChI=1S/C6H13NO3S/c1-2-6(3-10-4-6)5-11(7,8)9/h2-5H2,1H3,(H2,7,8,9). The van der Waals surface area contributed by atoms with E-state index < -0.39 is 10.0 Å². The smallest absolute Gasteiger partial charge is 0.209 e. The fourth-order valence-electron chi connectivity index (χ4n) is 1.21. The molecule has 5 heteroatoms. The second-order valence-corrected chi connectivity index (χ2v) is 4.77. The summed E-state index contributed by atoms with van der Waals surface area (Å²) in [6.07, 6.45) is 0.809. The molecule has 0 aromatic rings. The number of ether oxygens (including phenoxy) is 1. The molecule has 2 N–H and O–H groups in total. The molecule has 1 aliphatic heterocycles. The molecule has 0 unspecified atom stereocenters. The van der Waals surface area contributed by atoms with Gasteiger partial charge in [-0.2, -0.15) is 0 Å². The number of hydrogen-bond acceptors (Lipinski definition) is 3. The SMILES string of the molecule is CCC1(CS(N)(=O)=O)COC1. The Morgan fingerprint density at radius 2 is 2.09 bits per heavy atom. The second-order valence-electron chi connectivity index (χ2n) is 3.15. The molecule has 0 radical (unpaired) electrons. The molecule has 4 nitrogen and oxygen atoms in total. The zero-order chi connectivity index (χ0) is 8.54. The first-order valence-electron chi connectivity index (χ1n) is 3.56. The van der Waals surface area contributed by atoms with E-state index in [-0.39, 0.29) is 11.2 Å². The zero-order valence-electron chi connectivity index (χ0n) is 6.54. The van der Waals surface area contributed by atoms with Crippen LogP contribution in [0.4, 0.5) is 0 Å². The zero-order valence-corrected chi connectivity index (χ0v) is 7.36. The number of sulfonamides is 1. The maximum Gasteiger partial charge on any atom is 0.209 e. The summed E-state index contributed by atoms with van der Waals surface area (Å²) in [6.45, 7) is 3.01. The summed E-state index contributed by atoms with van der Waals surface area (Å²) in [5.74, 6) is 0.0521. The molecule has 1 rings (SSSR count). The van der Waals surface area contributed by atoms with Crippen molar-refractivity contribution >= 4 is 10.0 Å². The summed E-state index contributed by atoms with van der Waals surface area (Å²) in [7, 11) is -3.33. The van der Waals surface area contributed by atoms with Gasteiger partial charge in [0.2, 0.25) is 10.0 Å². The van der Waals surface area contributed by atoms with E-state index in [0.29, 0.717) is 13.2 Å². The van der Waals surface area contributed by atoms with Crippen LogP contribution in [0.25, 0.3) is 0 Å². The molecule has 0 amide bonds. The Kier molecular flexibility index (Phi) is 2.22. The van der Waals surface area contributed by atoms with Crippen molar-refractivity contribution in [2.45, 2.75) is 13.3 Å². The predicted molar refractivity (Wildman–Crippen MR) is 41.5 cm³/mol. The lowest BCUT2D eigenvalue weighted by Gasteiger charge is -2.39. The van der Waals surface area contributed by atoms with Gasteiger partial charge in [0.15, 0.2) is 0 Å². The molecule has 1 fully saturated rings. The van der Waals surface area contributed by atoms with E-state index in [4.69, 9.17) is 9.88 Å². The molecule has 0 bridgehead atoms. The van der Waals surface area contributed by atoms with E-state index in [1.54, 1.807) is 0 Å². The Morgan fingerprint density at radius 3 is 2.18 bits per heavy atom. The van der Waals surface area contributed by atoms with Crippen LogP contribution < -0.4 is 5.14 Å². The van der Waals surface area contributed by atoms with Crippen LogP contribution in [0.2, 0.25) is 0 Å². The first-order chi connectivity index (χ1) is 4.97. The summed E-state index contributed by atoms with van der Waals surface area (Å²) in [4.78, 5) is 0. The van der Waals surface area contributed by atoms with Gasteiger partial charge in [-0.05, 0) is 6.42 Å². The highest BCUT2D eigenvalue weighted by Crippen LogP contribution is 2.31. The third-order valence-corrected chi connectivity index (χ3v) is 3.09. The van der Waals surface area contributed by atoms with Crippen LogP contribution in [0.1, 0.15) is 13.3 Å². The fraction of sp³-hybridized carbons (Fsp3) is 1.00. The van der Waals surface area contributed by atoms with E-state index >= 15 is 0 Å². The average molecular weight is 179 g/mol. The molecule has 0 spiro atoms. The van der Waals surface area contributed by atoms with Gasteiger partial charge in [0, 0.05) is 5.41 Å². The van der Waals surface area contributed by atoms with Crippen LogP contribution in [-0.2, 0) is 14.8 Å². The van der Waals surface area contributed by atoms with Crippen molar-refractivity contribution in [3.05, 3.63) is 0 Å². The Morgan fingerprint density at radius 1 is 1.55 bits per heavy atom. The Bertz CT molecular complexity index is 225. The topological polar surface area (TPSA) is 69.4 Å². The average Bonchev–Trinajstić information content (AvgIpc) is 1.77. The Balaban J connectivity index is 2.59. The lowest BCUT2D eigenvalue weighted by atomic mass is 9.86. The molecule has 11 heavy (non-hydrogen) atoms. The Labute approximate surface area is 66.8 Å². The fourth-order valence-corrected chi connectivity index (χ4v) is 2.43. The van der Waals surface area contributed by atoms with Crippen molar-refractivity contribution in [2.24, 2.45) is 10.6 Å². The first kappa shape index (κ1) is 8.96. The van der Waals surface area contributed by atoms with Crippen molar-refractivity contribution in [1.29, 1.82) is 0 Å². The Hall–Kier alpha value is -0.130. The molecular formula is C6H13NO3S. The van der Waals surface area contributed by atoms with Crippen LogP contribution >= 0.6 is 0 Å². The minimum atomic E-state index is -3.33. The molecule has 1 heterocycles. The second kappa shape index (κ2) is 2.73. The van der Waals surface area contributed by atoms with Crippen molar-refractivity contribution < 1.29 is 13.2 Å². The summed E-state index contributed by atoms with van der Waals surface area (Å²) in [6, 6.07) is 0. The van der Waals surface area contributed by atoms with E-state index in [1.165, 1.54) is 0 Å². The van der Waals surface area contributed by atoms with Crippen LogP contribution in [0.3, 0.4) is 0 Å². The molecule has 0 atom stereocenters. The molecule has 0 aliphatic carbocycles. The van der Waals surface area contributed by atoms with E-state index in [9.17, 15) is 8.42 Å². The van der Waals surface area contributed by atoms with Gasteiger partial charge in [-0.25, -0.2) is 13.6 Å². The lowest BCUT2D eigenvalue weighted by molar-refractivity contribution is -0.100. The molecule has 0 saturated carbocycles. The normalized spacial score (nSPS) is 22.7. The largest absolute Gasteiger partial charge is 0.380 e. The number of nitrogens with two attached hydrogens (primary N) is 1. The molecule has 0 aromatic carbocycles. The van der Waals surface area contributed by atoms with Gasteiger partial charge in [-0.1, -0.05) is 6.92 Å². The van der Waals surface area contributed by atoms with Crippen molar-refractivity contribution in [1.82, 2.24) is 0 Å². The highest BCUT2D eigenvalue weighted by Gasteiger charge is 2.39.